The second-order valence-electron chi connectivity index (χ2n) is 8.74. The number of amides is 1. The molecule has 1 saturated heterocycles. The molecule has 0 saturated carbocycles. The Morgan fingerprint density at radius 3 is 2.50 bits per heavy atom. The summed E-state index contributed by atoms with van der Waals surface area (Å²) in [6, 6.07) is 10.9. The van der Waals surface area contributed by atoms with Crippen molar-refractivity contribution in [2.75, 3.05) is 42.5 Å². The highest BCUT2D eigenvalue weighted by Crippen LogP contribution is 2.30. The summed E-state index contributed by atoms with van der Waals surface area (Å²) in [5.74, 6) is -0.202. The number of nitrogens with zero attached hydrogens (tertiary/aromatic N) is 4. The lowest BCUT2D eigenvalue weighted by atomic mass is 9.99. The molecule has 4 rings (SSSR count). The first-order valence-electron chi connectivity index (χ1n) is 11.7. The third-order valence-corrected chi connectivity index (χ3v) is 8.23. The molecule has 2 aliphatic rings. The Labute approximate surface area is 215 Å². The first-order chi connectivity index (χ1) is 17.2. The van der Waals surface area contributed by atoms with E-state index in [-0.39, 0.29) is 27.8 Å². The van der Waals surface area contributed by atoms with E-state index in [0.717, 1.165) is 42.7 Å². The van der Waals surface area contributed by atoms with Gasteiger partial charge in [-0.15, -0.1) is 0 Å². The fraction of sp³-hybridized carbons (Fsp3) is 0.375. The molecule has 0 radical (unpaired) electrons. The van der Waals surface area contributed by atoms with Crippen LogP contribution in [-0.4, -0.2) is 69.4 Å². The normalized spacial score (nSPS) is 17.1. The summed E-state index contributed by atoms with van der Waals surface area (Å²) in [4.78, 5) is 22.9. The number of halogens is 1. The van der Waals surface area contributed by atoms with Gasteiger partial charge in [0.05, 0.1) is 11.2 Å². The molecule has 0 aliphatic carbocycles. The van der Waals surface area contributed by atoms with E-state index < -0.39 is 10.0 Å². The van der Waals surface area contributed by atoms with Gasteiger partial charge in [0, 0.05) is 44.1 Å². The third kappa shape index (κ3) is 5.59. The molecule has 2 aromatic rings. The van der Waals surface area contributed by atoms with Crippen molar-refractivity contribution in [3.63, 3.8) is 0 Å². The Kier molecular flexibility index (Phi) is 7.74. The van der Waals surface area contributed by atoms with Crippen molar-refractivity contribution in [2.24, 2.45) is 10.7 Å². The van der Waals surface area contributed by atoms with Gasteiger partial charge in [-0.2, -0.15) is 0 Å². The van der Waals surface area contributed by atoms with Gasteiger partial charge < -0.3 is 20.4 Å². The number of piperazine rings is 1. The molecule has 1 amide bonds. The maximum Gasteiger partial charge on any atom is 0.263 e. The summed E-state index contributed by atoms with van der Waals surface area (Å²) >= 11 is 4.82. The fourth-order valence-corrected chi connectivity index (χ4v) is 5.97. The van der Waals surface area contributed by atoms with Gasteiger partial charge in [0.25, 0.3) is 10.0 Å². The third-order valence-electron chi connectivity index (χ3n) is 6.54. The molecule has 2 aromatic carbocycles. The maximum absolute atomic E-state index is 13.7. The highest BCUT2D eigenvalue weighted by atomic mass is 32.2. The van der Waals surface area contributed by atoms with Gasteiger partial charge in [-0.05, 0) is 80.0 Å². The molecule has 1 fully saturated rings. The number of fused-ring (bicyclic) bond motifs is 1. The number of aliphatic imine (C=N–C) groups is 1. The molecule has 3 N–H and O–H groups in total. The largest absolute Gasteiger partial charge is 0.390 e. The summed E-state index contributed by atoms with van der Waals surface area (Å²) in [7, 11) is -3.85. The fourth-order valence-electron chi connectivity index (χ4n) is 4.68. The van der Waals surface area contributed by atoms with Crippen molar-refractivity contribution in [2.45, 2.75) is 30.7 Å². The van der Waals surface area contributed by atoms with Gasteiger partial charge >= 0.3 is 0 Å². The van der Waals surface area contributed by atoms with Gasteiger partial charge in [-0.3, -0.25) is 9.52 Å². The molecular formula is C24H29FN6O3S2. The second kappa shape index (κ2) is 10.8. The van der Waals surface area contributed by atoms with Gasteiger partial charge in [0.2, 0.25) is 11.0 Å². The van der Waals surface area contributed by atoms with Crippen LogP contribution in [0.4, 0.5) is 15.8 Å². The van der Waals surface area contributed by atoms with E-state index in [1.54, 1.807) is 24.3 Å². The number of hydrogen-bond acceptors (Lipinski definition) is 6. The number of aryl methyl sites for hydroxylation is 1. The molecular weight excluding hydrogens is 503 g/mol. The zero-order valence-corrected chi connectivity index (χ0v) is 21.6. The summed E-state index contributed by atoms with van der Waals surface area (Å²) in [5.41, 5.74) is 7.88. The Morgan fingerprint density at radius 1 is 1.14 bits per heavy atom. The van der Waals surface area contributed by atoms with Crippen molar-refractivity contribution in [1.29, 1.82) is 0 Å². The van der Waals surface area contributed by atoms with Crippen LogP contribution in [0.5, 0.6) is 0 Å². The van der Waals surface area contributed by atoms with Gasteiger partial charge in [-0.1, -0.05) is 0 Å². The number of carbonyl (C=O) groups excluding carboxylic acids is 1. The van der Waals surface area contributed by atoms with E-state index in [1.165, 1.54) is 18.2 Å². The number of carbonyl (C=O) groups is 1. The number of anilines is 2. The average molecular weight is 533 g/mol. The lowest BCUT2D eigenvalue weighted by molar-refractivity contribution is -0.132. The van der Waals surface area contributed by atoms with Crippen LogP contribution in [0, 0.1) is 5.82 Å². The monoisotopic (exact) mass is 532 g/mol. The lowest BCUT2D eigenvalue weighted by Gasteiger charge is -2.41. The Balaban J connectivity index is 1.36. The zero-order chi connectivity index (χ0) is 25.9. The quantitative estimate of drug-likeness (QED) is 0.344. The number of thiocarbonyl (C=S) groups is 1. The maximum atomic E-state index is 13.7. The van der Waals surface area contributed by atoms with Crippen LogP contribution in [0.2, 0.25) is 0 Å². The molecule has 12 heteroatoms. The molecule has 0 spiro atoms. The number of hydrogen-bond donors (Lipinski definition) is 2. The smallest absolute Gasteiger partial charge is 0.263 e. The van der Waals surface area contributed by atoms with Crippen LogP contribution < -0.4 is 20.3 Å². The van der Waals surface area contributed by atoms with E-state index in [4.69, 9.17) is 18.0 Å². The van der Waals surface area contributed by atoms with Crippen LogP contribution in [0.15, 0.2) is 52.4 Å². The molecule has 0 bridgehead atoms. The van der Waals surface area contributed by atoms with Crippen molar-refractivity contribution in [3.05, 3.63) is 53.8 Å². The average Bonchev–Trinajstić information content (AvgIpc) is 2.87. The summed E-state index contributed by atoms with van der Waals surface area (Å²) in [6.07, 6.45) is 2.62. The molecule has 36 heavy (non-hydrogen) atoms. The Bertz CT molecular complexity index is 1260. The molecule has 0 aromatic heterocycles. The van der Waals surface area contributed by atoms with Crippen molar-refractivity contribution < 1.29 is 17.6 Å². The van der Waals surface area contributed by atoms with Gasteiger partial charge in [0.1, 0.15) is 11.9 Å². The molecule has 2 aliphatic heterocycles. The van der Waals surface area contributed by atoms with Crippen LogP contribution >= 0.6 is 12.2 Å². The summed E-state index contributed by atoms with van der Waals surface area (Å²) in [5, 5.41) is -0.239. The molecule has 0 unspecified atom stereocenters. The topological polar surface area (TPSA) is 111 Å². The van der Waals surface area contributed by atoms with Crippen molar-refractivity contribution in [3.8, 4) is 0 Å². The molecule has 9 nitrogen and oxygen atoms in total. The number of nitrogens with one attached hydrogen (secondary N) is 1. The Morgan fingerprint density at radius 2 is 1.83 bits per heavy atom. The minimum atomic E-state index is -3.85. The van der Waals surface area contributed by atoms with Crippen molar-refractivity contribution >= 4 is 51.0 Å². The van der Waals surface area contributed by atoms with Crippen molar-refractivity contribution in [1.82, 2.24) is 9.62 Å². The minimum absolute atomic E-state index is 0.0513. The van der Waals surface area contributed by atoms with E-state index in [1.807, 2.05) is 11.8 Å². The first-order valence-corrected chi connectivity index (χ1v) is 13.6. The number of nitrogens with two attached hydrogens (primary N) is 1. The number of benzene rings is 2. The van der Waals surface area contributed by atoms with E-state index >= 15 is 0 Å². The second-order valence-corrected chi connectivity index (χ2v) is 10.8. The zero-order valence-electron chi connectivity index (χ0n) is 19.9. The van der Waals surface area contributed by atoms with E-state index in [0.29, 0.717) is 26.2 Å². The van der Waals surface area contributed by atoms with Gasteiger partial charge in [-0.25, -0.2) is 17.8 Å². The highest BCUT2D eigenvalue weighted by Gasteiger charge is 2.31. The Hall–Kier alpha value is -3.25. The predicted octanol–water partition coefficient (Wildman–Crippen LogP) is 1.87. The van der Waals surface area contributed by atoms with Crippen LogP contribution in [0.1, 0.15) is 18.9 Å². The van der Waals surface area contributed by atoms with E-state index in [2.05, 4.69) is 19.5 Å². The number of rotatable bonds is 5. The minimum Gasteiger partial charge on any atom is -0.390 e. The summed E-state index contributed by atoms with van der Waals surface area (Å²) < 4.78 is 40.7. The highest BCUT2D eigenvalue weighted by molar-refractivity contribution is 7.91. The van der Waals surface area contributed by atoms with Crippen LogP contribution in [0.25, 0.3) is 0 Å². The van der Waals surface area contributed by atoms with E-state index in [9.17, 15) is 17.6 Å². The molecule has 2 heterocycles. The lowest BCUT2D eigenvalue weighted by Crippen LogP contribution is -2.55. The van der Waals surface area contributed by atoms with Crippen LogP contribution in [-0.2, 0) is 21.2 Å². The predicted molar refractivity (Wildman–Crippen MR) is 142 cm³/mol. The molecule has 1 atom stereocenters. The first kappa shape index (κ1) is 25.8. The summed E-state index contributed by atoms with van der Waals surface area (Å²) in [6.45, 7) is 5.03. The van der Waals surface area contributed by atoms with Gasteiger partial charge in [0.15, 0.2) is 0 Å². The number of sulfonamides is 1. The van der Waals surface area contributed by atoms with Crippen LogP contribution in [0.3, 0.4) is 0 Å². The SMILES string of the molecule is C[C@H](C(=O)N1CCN(c2ccc(S(=O)(=O)NC(=S)N=CN)cc2)CC1)N1CCCc2cc(F)ccc21. The molecule has 192 valence electrons. The standard InChI is InChI=1S/C24H29FN6O3S2/c1-17(31-10-2-3-18-15-19(25)4-9-22(18)31)23(32)30-13-11-29(12-14-30)20-5-7-21(8-6-20)36(33,34)28-24(35)27-16-26/h4-9,15-17H,2-3,10-14H2,1H3,(H3,26,27,28,35)/t17-/m1/s1.